The van der Waals surface area contributed by atoms with Gasteiger partial charge in [-0.25, -0.2) is 4.98 Å². The first kappa shape index (κ1) is 11.9. The molecule has 0 aliphatic carbocycles. The zero-order valence-electron chi connectivity index (χ0n) is 10.2. The van der Waals surface area contributed by atoms with Crippen LogP contribution in [0.5, 0.6) is 0 Å². The summed E-state index contributed by atoms with van der Waals surface area (Å²) in [5, 5.41) is 8.73. The average Bonchev–Trinajstić information content (AvgIpc) is 2.85. The van der Waals surface area contributed by atoms with Crippen LogP contribution in [-0.2, 0) is 6.42 Å². The van der Waals surface area contributed by atoms with Gasteiger partial charge < -0.3 is 9.84 Å². The zero-order valence-corrected chi connectivity index (χ0v) is 11.0. The molecule has 0 bridgehead atoms. The van der Waals surface area contributed by atoms with Crippen molar-refractivity contribution in [1.82, 2.24) is 15.1 Å². The van der Waals surface area contributed by atoms with Crippen LogP contribution in [0.1, 0.15) is 12.6 Å². The third-order valence-electron chi connectivity index (χ3n) is 2.79. The lowest BCUT2D eigenvalue weighted by Crippen LogP contribution is -1.96. The molecule has 0 saturated carbocycles. The van der Waals surface area contributed by atoms with E-state index in [2.05, 4.69) is 20.4 Å². The third-order valence-corrected chi connectivity index (χ3v) is 3.04. The first-order valence-corrected chi connectivity index (χ1v) is 6.27. The summed E-state index contributed by atoms with van der Waals surface area (Å²) < 4.78 is 5.18. The number of fused-ring (bicyclic) bond motifs is 1. The molecule has 3 aromatic rings. The number of nitrogens with one attached hydrogen (secondary N) is 1. The minimum atomic E-state index is 0.489. The number of anilines is 2. The second kappa shape index (κ2) is 4.85. The molecule has 2 heterocycles. The molecule has 0 unspecified atom stereocenters. The highest BCUT2D eigenvalue weighted by molar-refractivity contribution is 6.30. The SMILES string of the molecule is CCc1noc2ncnc(Nc3ccc(Cl)cc3)c12. The van der Waals surface area contributed by atoms with Crippen LogP contribution >= 0.6 is 11.6 Å². The van der Waals surface area contributed by atoms with Gasteiger partial charge in [-0.05, 0) is 30.7 Å². The molecule has 0 amide bonds. The van der Waals surface area contributed by atoms with Crippen molar-refractivity contribution < 1.29 is 4.52 Å². The Balaban J connectivity index is 2.04. The predicted molar refractivity (Wildman–Crippen MR) is 73.7 cm³/mol. The van der Waals surface area contributed by atoms with Crippen molar-refractivity contribution >= 4 is 34.2 Å². The van der Waals surface area contributed by atoms with Crippen molar-refractivity contribution in [3.63, 3.8) is 0 Å². The Kier molecular flexibility index (Phi) is 3.05. The molecule has 0 fully saturated rings. The van der Waals surface area contributed by atoms with E-state index < -0.39 is 0 Å². The fourth-order valence-corrected chi connectivity index (χ4v) is 1.97. The molecule has 0 aliphatic heterocycles. The smallest absolute Gasteiger partial charge is 0.263 e. The minimum Gasteiger partial charge on any atom is -0.339 e. The Bertz CT molecular complexity index is 708. The number of hydrogen-bond donors (Lipinski definition) is 1. The summed E-state index contributed by atoms with van der Waals surface area (Å²) in [4.78, 5) is 8.32. The van der Waals surface area contributed by atoms with Crippen LogP contribution in [0.15, 0.2) is 35.1 Å². The maximum atomic E-state index is 5.86. The van der Waals surface area contributed by atoms with Gasteiger partial charge in [0, 0.05) is 10.7 Å². The Morgan fingerprint density at radius 1 is 1.21 bits per heavy atom. The van der Waals surface area contributed by atoms with E-state index in [1.54, 1.807) is 0 Å². The van der Waals surface area contributed by atoms with Crippen molar-refractivity contribution in [2.75, 3.05) is 5.32 Å². The van der Waals surface area contributed by atoms with E-state index >= 15 is 0 Å². The van der Waals surface area contributed by atoms with Crippen LogP contribution in [0, 0.1) is 0 Å². The lowest BCUT2D eigenvalue weighted by molar-refractivity contribution is 0.439. The topological polar surface area (TPSA) is 63.8 Å². The number of halogens is 1. The molecule has 2 aromatic heterocycles. The summed E-state index contributed by atoms with van der Waals surface area (Å²) in [6.07, 6.45) is 2.21. The molecule has 0 radical (unpaired) electrons. The van der Waals surface area contributed by atoms with Gasteiger partial charge in [-0.2, -0.15) is 4.98 Å². The molecule has 1 aromatic carbocycles. The minimum absolute atomic E-state index is 0.489. The Hall–Kier alpha value is -2.14. The number of rotatable bonds is 3. The van der Waals surface area contributed by atoms with Gasteiger partial charge in [0.2, 0.25) is 0 Å². The first-order chi connectivity index (χ1) is 9.28. The first-order valence-electron chi connectivity index (χ1n) is 5.89. The van der Waals surface area contributed by atoms with Crippen LogP contribution in [0.4, 0.5) is 11.5 Å². The summed E-state index contributed by atoms with van der Waals surface area (Å²) in [7, 11) is 0. The van der Waals surface area contributed by atoms with E-state index in [0.29, 0.717) is 16.6 Å². The molecule has 5 nitrogen and oxygen atoms in total. The largest absolute Gasteiger partial charge is 0.339 e. The van der Waals surface area contributed by atoms with E-state index in [0.717, 1.165) is 23.2 Å². The van der Waals surface area contributed by atoms with Crippen molar-refractivity contribution in [1.29, 1.82) is 0 Å². The van der Waals surface area contributed by atoms with E-state index in [-0.39, 0.29) is 0 Å². The highest BCUT2D eigenvalue weighted by atomic mass is 35.5. The van der Waals surface area contributed by atoms with Gasteiger partial charge >= 0.3 is 0 Å². The second-order valence-corrected chi connectivity index (χ2v) is 4.45. The molecule has 0 saturated heterocycles. The van der Waals surface area contributed by atoms with E-state index in [9.17, 15) is 0 Å². The van der Waals surface area contributed by atoms with Gasteiger partial charge in [-0.15, -0.1) is 0 Å². The lowest BCUT2D eigenvalue weighted by atomic mass is 10.2. The monoisotopic (exact) mass is 274 g/mol. The van der Waals surface area contributed by atoms with Gasteiger partial charge in [0.1, 0.15) is 17.5 Å². The molecule has 0 atom stereocenters. The maximum absolute atomic E-state index is 5.86. The number of hydrogen-bond acceptors (Lipinski definition) is 5. The average molecular weight is 275 g/mol. The maximum Gasteiger partial charge on any atom is 0.263 e. The lowest BCUT2D eigenvalue weighted by Gasteiger charge is -2.06. The van der Waals surface area contributed by atoms with Crippen LogP contribution in [0.3, 0.4) is 0 Å². The molecule has 19 heavy (non-hydrogen) atoms. The molecule has 0 aliphatic rings. The van der Waals surface area contributed by atoms with Gasteiger partial charge in [-0.3, -0.25) is 0 Å². The summed E-state index contributed by atoms with van der Waals surface area (Å²) in [6, 6.07) is 7.40. The van der Waals surface area contributed by atoms with Crippen LogP contribution in [0.25, 0.3) is 11.1 Å². The number of aryl methyl sites for hydroxylation is 1. The van der Waals surface area contributed by atoms with Crippen molar-refractivity contribution in [2.24, 2.45) is 0 Å². The van der Waals surface area contributed by atoms with Crippen LogP contribution < -0.4 is 5.32 Å². The van der Waals surface area contributed by atoms with Gasteiger partial charge in [0.05, 0.1) is 5.69 Å². The normalized spacial score (nSPS) is 10.8. The van der Waals surface area contributed by atoms with E-state index in [4.69, 9.17) is 16.1 Å². The molecule has 3 rings (SSSR count). The predicted octanol–water partition coefficient (Wildman–Crippen LogP) is 3.58. The summed E-state index contributed by atoms with van der Waals surface area (Å²) in [6.45, 7) is 2.01. The molecular formula is C13H11ClN4O. The number of aromatic nitrogens is 3. The molecular weight excluding hydrogens is 264 g/mol. The second-order valence-electron chi connectivity index (χ2n) is 4.02. The highest BCUT2D eigenvalue weighted by Gasteiger charge is 2.13. The number of benzene rings is 1. The fraction of sp³-hybridized carbons (Fsp3) is 0.154. The van der Waals surface area contributed by atoms with Crippen molar-refractivity contribution in [3.8, 4) is 0 Å². The molecule has 6 heteroatoms. The molecule has 96 valence electrons. The highest BCUT2D eigenvalue weighted by Crippen LogP contribution is 2.26. The molecule has 1 N–H and O–H groups in total. The van der Waals surface area contributed by atoms with E-state index in [1.165, 1.54) is 6.33 Å². The fourth-order valence-electron chi connectivity index (χ4n) is 1.85. The summed E-state index contributed by atoms with van der Waals surface area (Å²) in [5.74, 6) is 0.686. The summed E-state index contributed by atoms with van der Waals surface area (Å²) in [5.41, 5.74) is 2.23. The Morgan fingerprint density at radius 3 is 2.74 bits per heavy atom. The number of nitrogens with zero attached hydrogens (tertiary/aromatic N) is 3. The zero-order chi connectivity index (χ0) is 13.2. The Labute approximate surface area is 114 Å². The van der Waals surface area contributed by atoms with Gasteiger partial charge in [0.25, 0.3) is 5.71 Å². The van der Waals surface area contributed by atoms with Crippen molar-refractivity contribution in [3.05, 3.63) is 41.3 Å². The Morgan fingerprint density at radius 2 is 2.00 bits per heavy atom. The van der Waals surface area contributed by atoms with Gasteiger partial charge in [-0.1, -0.05) is 23.7 Å². The quantitative estimate of drug-likeness (QED) is 0.791. The third kappa shape index (κ3) is 2.24. The van der Waals surface area contributed by atoms with Crippen molar-refractivity contribution in [2.45, 2.75) is 13.3 Å². The standard InChI is InChI=1S/C13H11ClN4O/c1-2-10-11-12(15-7-16-13(11)19-18-10)17-9-5-3-8(14)4-6-9/h3-7H,2H2,1H3,(H,15,16,17). The van der Waals surface area contributed by atoms with Gasteiger partial charge in [0.15, 0.2) is 0 Å². The van der Waals surface area contributed by atoms with Crippen LogP contribution in [-0.4, -0.2) is 15.1 Å². The van der Waals surface area contributed by atoms with Crippen LogP contribution in [0.2, 0.25) is 5.02 Å². The molecule has 0 spiro atoms. The van der Waals surface area contributed by atoms with E-state index in [1.807, 2.05) is 31.2 Å². The summed E-state index contributed by atoms with van der Waals surface area (Å²) >= 11 is 5.86.